The number of carbonyl (C=O) groups is 1. The molecule has 35 heavy (non-hydrogen) atoms. The molecule has 1 heterocycles. The minimum absolute atomic E-state index is 0.197. The van der Waals surface area contributed by atoms with Gasteiger partial charge in [-0.25, -0.2) is 4.39 Å². The van der Waals surface area contributed by atoms with Gasteiger partial charge >= 0.3 is 0 Å². The van der Waals surface area contributed by atoms with Crippen LogP contribution in [-0.4, -0.2) is 15.7 Å². The van der Waals surface area contributed by atoms with Gasteiger partial charge in [0.15, 0.2) is 0 Å². The lowest BCUT2D eigenvalue weighted by atomic mass is 10.1. The van der Waals surface area contributed by atoms with E-state index in [1.54, 1.807) is 18.2 Å². The molecule has 178 valence electrons. The van der Waals surface area contributed by atoms with Crippen LogP contribution < -0.4 is 10.1 Å². The lowest BCUT2D eigenvalue weighted by Crippen LogP contribution is -2.14. The number of rotatable bonds is 7. The molecule has 5 nitrogen and oxygen atoms in total. The van der Waals surface area contributed by atoms with Crippen molar-refractivity contribution in [1.82, 2.24) is 9.78 Å². The second-order valence-corrected chi connectivity index (χ2v) is 9.06. The van der Waals surface area contributed by atoms with Crippen LogP contribution >= 0.6 is 0 Å². The number of hydrogen-bond acceptors (Lipinski definition) is 3. The summed E-state index contributed by atoms with van der Waals surface area (Å²) in [6.07, 6.45) is 3.47. The van der Waals surface area contributed by atoms with Crippen LogP contribution in [0.25, 0.3) is 0 Å². The van der Waals surface area contributed by atoms with Crippen LogP contribution in [-0.2, 0) is 26.0 Å². The van der Waals surface area contributed by atoms with Crippen molar-refractivity contribution in [3.63, 3.8) is 0 Å². The number of aromatic nitrogens is 2. The molecule has 5 rings (SSSR count). The average molecular weight is 470 g/mol. The van der Waals surface area contributed by atoms with E-state index in [-0.39, 0.29) is 11.7 Å². The minimum atomic E-state index is -0.269. The Balaban J connectivity index is 1.26. The molecule has 0 saturated carbocycles. The molecule has 0 spiro atoms. The van der Waals surface area contributed by atoms with Crippen molar-refractivity contribution >= 4 is 11.6 Å². The molecule has 0 atom stereocenters. The first-order valence-electron chi connectivity index (χ1n) is 11.9. The molecule has 1 aromatic heterocycles. The van der Waals surface area contributed by atoms with Gasteiger partial charge in [0, 0.05) is 5.56 Å². The lowest BCUT2D eigenvalue weighted by molar-refractivity contribution is 0.102. The van der Waals surface area contributed by atoms with Gasteiger partial charge in [0.05, 0.1) is 23.6 Å². The molecular formula is C29H28FN3O2. The van der Waals surface area contributed by atoms with Crippen LogP contribution in [0.2, 0.25) is 0 Å². The summed E-state index contributed by atoms with van der Waals surface area (Å²) in [5.41, 5.74) is 7.49. The Hall–Kier alpha value is -3.93. The molecule has 1 aliphatic carbocycles. The maximum atomic E-state index is 13.2. The van der Waals surface area contributed by atoms with Crippen molar-refractivity contribution in [3.8, 4) is 5.75 Å². The Labute approximate surface area is 204 Å². The van der Waals surface area contributed by atoms with Crippen LogP contribution in [0.15, 0.2) is 66.7 Å². The maximum absolute atomic E-state index is 13.2. The number of ether oxygens (including phenoxy) is 1. The van der Waals surface area contributed by atoms with Crippen molar-refractivity contribution in [2.45, 2.75) is 46.3 Å². The summed E-state index contributed by atoms with van der Waals surface area (Å²) < 4.78 is 21.0. The summed E-state index contributed by atoms with van der Waals surface area (Å²) in [5, 5.41) is 7.58. The number of hydrogen-bond donors (Lipinski definition) is 1. The first kappa shape index (κ1) is 22.8. The monoisotopic (exact) mass is 469 g/mol. The summed E-state index contributed by atoms with van der Waals surface area (Å²) in [6.45, 7) is 4.68. The molecule has 1 aliphatic rings. The number of benzene rings is 3. The third kappa shape index (κ3) is 5.11. The van der Waals surface area contributed by atoms with E-state index in [1.807, 2.05) is 42.8 Å². The van der Waals surface area contributed by atoms with Gasteiger partial charge in [0.1, 0.15) is 18.2 Å². The van der Waals surface area contributed by atoms with Crippen LogP contribution in [0.3, 0.4) is 0 Å². The van der Waals surface area contributed by atoms with Crippen molar-refractivity contribution in [1.29, 1.82) is 0 Å². The predicted molar refractivity (Wildman–Crippen MR) is 134 cm³/mol. The van der Waals surface area contributed by atoms with Crippen LogP contribution in [0.5, 0.6) is 5.75 Å². The number of halogens is 1. The van der Waals surface area contributed by atoms with Gasteiger partial charge in [-0.05, 0) is 91.8 Å². The van der Waals surface area contributed by atoms with E-state index in [9.17, 15) is 9.18 Å². The SMILES string of the molecule is Cc1nn(Cc2ccc(F)cc2)c(C)c1NC(=O)c1cccc(COc2ccc3c(c2)CCC3)c1. The van der Waals surface area contributed by atoms with Crippen LogP contribution in [0.4, 0.5) is 10.1 Å². The number of nitrogens with zero attached hydrogens (tertiary/aromatic N) is 2. The van der Waals surface area contributed by atoms with E-state index in [2.05, 4.69) is 22.5 Å². The minimum Gasteiger partial charge on any atom is -0.489 e. The second-order valence-electron chi connectivity index (χ2n) is 9.06. The smallest absolute Gasteiger partial charge is 0.255 e. The molecule has 0 fully saturated rings. The van der Waals surface area contributed by atoms with Crippen molar-refractivity contribution in [2.24, 2.45) is 0 Å². The maximum Gasteiger partial charge on any atom is 0.255 e. The fourth-order valence-electron chi connectivity index (χ4n) is 4.59. The Bertz CT molecular complexity index is 1380. The predicted octanol–water partition coefficient (Wildman–Crippen LogP) is 6.01. The zero-order valence-electron chi connectivity index (χ0n) is 20.0. The van der Waals surface area contributed by atoms with Crippen molar-refractivity contribution in [2.75, 3.05) is 5.32 Å². The van der Waals surface area contributed by atoms with Crippen LogP contribution in [0.1, 0.15) is 50.4 Å². The lowest BCUT2D eigenvalue weighted by Gasteiger charge is -2.10. The Kier molecular flexibility index (Phi) is 6.36. The molecule has 0 saturated heterocycles. The Morgan fingerprint density at radius 3 is 2.63 bits per heavy atom. The molecule has 3 aromatic carbocycles. The van der Waals surface area contributed by atoms with Crippen molar-refractivity contribution < 1.29 is 13.9 Å². The summed E-state index contributed by atoms with van der Waals surface area (Å²) >= 11 is 0. The normalized spacial score (nSPS) is 12.4. The molecule has 0 bridgehead atoms. The van der Waals surface area contributed by atoms with E-state index in [4.69, 9.17) is 4.74 Å². The highest BCUT2D eigenvalue weighted by Crippen LogP contribution is 2.27. The molecular weight excluding hydrogens is 441 g/mol. The zero-order valence-corrected chi connectivity index (χ0v) is 20.0. The Morgan fingerprint density at radius 2 is 1.80 bits per heavy atom. The van der Waals surface area contributed by atoms with Gasteiger partial charge in [-0.3, -0.25) is 9.48 Å². The molecule has 1 N–H and O–H groups in total. The average Bonchev–Trinajstić information content (AvgIpc) is 3.44. The third-order valence-corrected chi connectivity index (χ3v) is 6.53. The molecule has 4 aromatic rings. The highest BCUT2D eigenvalue weighted by molar-refractivity contribution is 6.05. The highest BCUT2D eigenvalue weighted by atomic mass is 19.1. The van der Waals surface area contributed by atoms with Gasteiger partial charge in [0.25, 0.3) is 5.91 Å². The summed E-state index contributed by atoms with van der Waals surface area (Å²) in [7, 11) is 0. The number of aryl methyl sites for hydroxylation is 3. The zero-order chi connectivity index (χ0) is 24.4. The first-order valence-corrected chi connectivity index (χ1v) is 11.9. The standard InChI is InChI=1S/C29H28FN3O2/c1-19-28(20(2)33(32-19)17-21-9-12-26(30)13-10-21)31-29(34)25-8-3-5-22(15-25)18-35-27-14-11-23-6-4-7-24(23)16-27/h3,5,8-16H,4,6-7,17-18H2,1-2H3,(H,31,34). The molecule has 1 amide bonds. The summed E-state index contributed by atoms with van der Waals surface area (Å²) in [4.78, 5) is 13.0. The fraction of sp³-hybridized carbons (Fsp3) is 0.241. The second kappa shape index (κ2) is 9.74. The number of anilines is 1. The van der Waals surface area contributed by atoms with Gasteiger partial charge in [-0.1, -0.05) is 30.3 Å². The molecule has 0 radical (unpaired) electrons. The Morgan fingerprint density at radius 1 is 1.00 bits per heavy atom. The molecule has 0 aliphatic heterocycles. The van der Waals surface area contributed by atoms with Gasteiger partial charge in [-0.2, -0.15) is 5.10 Å². The number of nitrogens with one attached hydrogen (secondary N) is 1. The summed E-state index contributed by atoms with van der Waals surface area (Å²) in [6, 6.07) is 20.1. The van der Waals surface area contributed by atoms with E-state index >= 15 is 0 Å². The highest BCUT2D eigenvalue weighted by Gasteiger charge is 2.16. The van der Waals surface area contributed by atoms with E-state index in [0.29, 0.717) is 24.4 Å². The number of amides is 1. The quantitative estimate of drug-likeness (QED) is 0.361. The van der Waals surface area contributed by atoms with Gasteiger partial charge in [-0.15, -0.1) is 0 Å². The number of carbonyl (C=O) groups excluding carboxylic acids is 1. The number of fused-ring (bicyclic) bond motifs is 1. The third-order valence-electron chi connectivity index (χ3n) is 6.53. The largest absolute Gasteiger partial charge is 0.489 e. The van der Waals surface area contributed by atoms with E-state index in [1.165, 1.54) is 29.7 Å². The van der Waals surface area contributed by atoms with Crippen molar-refractivity contribution in [3.05, 3.63) is 112 Å². The fourth-order valence-corrected chi connectivity index (χ4v) is 4.59. The first-order chi connectivity index (χ1) is 17.0. The van der Waals surface area contributed by atoms with Crippen LogP contribution in [0, 0.1) is 19.7 Å². The van der Waals surface area contributed by atoms with Gasteiger partial charge in [0.2, 0.25) is 0 Å². The topological polar surface area (TPSA) is 56.2 Å². The molecule has 0 unspecified atom stereocenters. The summed E-state index contributed by atoms with van der Waals surface area (Å²) in [5.74, 6) is 0.396. The van der Waals surface area contributed by atoms with Gasteiger partial charge < -0.3 is 10.1 Å². The van der Waals surface area contributed by atoms with E-state index < -0.39 is 0 Å². The van der Waals surface area contributed by atoms with E-state index in [0.717, 1.165) is 41.1 Å². The molecule has 6 heteroatoms.